The van der Waals surface area contributed by atoms with Crippen molar-refractivity contribution in [1.29, 1.82) is 0 Å². The lowest BCUT2D eigenvalue weighted by molar-refractivity contribution is -0.119. The monoisotopic (exact) mass is 501 g/mol. The number of rotatable bonds is 6. The van der Waals surface area contributed by atoms with Crippen LogP contribution in [0.1, 0.15) is 12.2 Å². The zero-order valence-corrected chi connectivity index (χ0v) is 19.7. The highest BCUT2D eigenvalue weighted by Gasteiger charge is 2.61. The van der Waals surface area contributed by atoms with E-state index in [1.54, 1.807) is 49.3 Å². The molecule has 3 heterocycles. The summed E-state index contributed by atoms with van der Waals surface area (Å²) < 4.78 is 53.7. The maximum Gasteiger partial charge on any atom is 0.260 e. The number of halogens is 2. The average molecular weight is 502 g/mol. The molecule has 35 heavy (non-hydrogen) atoms. The molecule has 3 aromatic heterocycles. The Morgan fingerprint density at radius 2 is 1.97 bits per heavy atom. The molecule has 5 rings (SSSR count). The summed E-state index contributed by atoms with van der Waals surface area (Å²) >= 11 is 0. The van der Waals surface area contributed by atoms with Gasteiger partial charge in [-0.05, 0) is 19.1 Å². The topological polar surface area (TPSA) is 135 Å². The molecule has 13 heteroatoms. The van der Waals surface area contributed by atoms with Crippen molar-refractivity contribution in [3.63, 3.8) is 0 Å². The molecule has 0 bridgehead atoms. The van der Waals surface area contributed by atoms with Crippen LogP contribution in [0.5, 0.6) is 0 Å². The molecule has 1 aliphatic carbocycles. The van der Waals surface area contributed by atoms with Gasteiger partial charge in [0.25, 0.3) is 5.92 Å². The number of sulfone groups is 1. The van der Waals surface area contributed by atoms with Crippen LogP contribution in [0, 0.1) is 12.8 Å². The summed E-state index contributed by atoms with van der Waals surface area (Å²) in [6.07, 6.45) is 3.84. The van der Waals surface area contributed by atoms with Crippen molar-refractivity contribution in [2.24, 2.45) is 13.0 Å². The molecule has 1 unspecified atom stereocenters. The van der Waals surface area contributed by atoms with Gasteiger partial charge in [0.1, 0.15) is 23.1 Å². The van der Waals surface area contributed by atoms with Gasteiger partial charge in [0.2, 0.25) is 5.91 Å². The smallest absolute Gasteiger partial charge is 0.260 e. The predicted molar refractivity (Wildman–Crippen MR) is 125 cm³/mol. The van der Waals surface area contributed by atoms with Crippen LogP contribution in [-0.2, 0) is 21.7 Å². The molecular weight excluding hydrogens is 480 g/mol. The number of hydrogen-bond donors (Lipinski definition) is 3. The van der Waals surface area contributed by atoms with E-state index in [-0.39, 0.29) is 16.4 Å². The minimum absolute atomic E-state index is 0.0313. The Bertz CT molecular complexity index is 1590. The van der Waals surface area contributed by atoms with Gasteiger partial charge in [-0.3, -0.25) is 4.79 Å². The van der Waals surface area contributed by atoms with Crippen LogP contribution >= 0.6 is 0 Å². The van der Waals surface area contributed by atoms with Crippen molar-refractivity contribution in [2.75, 3.05) is 16.9 Å². The van der Waals surface area contributed by atoms with Crippen LogP contribution < -0.4 is 10.6 Å². The van der Waals surface area contributed by atoms with Crippen LogP contribution in [0.3, 0.4) is 0 Å². The van der Waals surface area contributed by atoms with Gasteiger partial charge < -0.3 is 20.2 Å². The summed E-state index contributed by atoms with van der Waals surface area (Å²) in [4.78, 5) is 27.9. The number of fused-ring (bicyclic) bond motifs is 1. The molecule has 0 saturated heterocycles. The highest BCUT2D eigenvalue weighted by atomic mass is 32.2. The SMILES string of the molecule is Cc1nc2c(Nc3ccc(-c4cncn4C)cc3S(C)(=O)=O)cc(NC(=O)C3CC3(F)F)nc2[nH]1. The van der Waals surface area contributed by atoms with Gasteiger partial charge in [0.15, 0.2) is 15.5 Å². The van der Waals surface area contributed by atoms with Gasteiger partial charge in [-0.2, -0.15) is 0 Å². The maximum absolute atomic E-state index is 13.3. The summed E-state index contributed by atoms with van der Waals surface area (Å²) in [5, 5.41) is 5.49. The van der Waals surface area contributed by atoms with Gasteiger partial charge in [-0.1, -0.05) is 6.07 Å². The van der Waals surface area contributed by atoms with Crippen molar-refractivity contribution in [3.8, 4) is 11.3 Å². The van der Waals surface area contributed by atoms with Gasteiger partial charge >= 0.3 is 0 Å². The number of hydrogen-bond acceptors (Lipinski definition) is 7. The highest BCUT2D eigenvalue weighted by Crippen LogP contribution is 2.49. The van der Waals surface area contributed by atoms with Crippen LogP contribution in [0.4, 0.5) is 26.0 Å². The highest BCUT2D eigenvalue weighted by molar-refractivity contribution is 7.90. The lowest BCUT2D eigenvalue weighted by atomic mass is 10.1. The minimum Gasteiger partial charge on any atom is -0.352 e. The van der Waals surface area contributed by atoms with Crippen molar-refractivity contribution in [3.05, 3.63) is 42.6 Å². The Kier molecular flexibility index (Phi) is 5.13. The summed E-state index contributed by atoms with van der Waals surface area (Å²) in [7, 11) is -1.86. The quantitative estimate of drug-likeness (QED) is 0.369. The van der Waals surface area contributed by atoms with E-state index < -0.39 is 34.0 Å². The molecule has 0 spiro atoms. The number of anilines is 3. The second-order valence-electron chi connectivity index (χ2n) is 8.58. The molecule has 1 aliphatic rings. The molecule has 1 fully saturated rings. The molecular formula is C22H21F2N7O3S. The maximum atomic E-state index is 13.3. The van der Waals surface area contributed by atoms with Crippen molar-refractivity contribution in [1.82, 2.24) is 24.5 Å². The third kappa shape index (κ3) is 4.34. The van der Waals surface area contributed by atoms with E-state index in [1.165, 1.54) is 6.07 Å². The summed E-state index contributed by atoms with van der Waals surface area (Å²) in [6.45, 7) is 1.71. The average Bonchev–Trinajstić information content (AvgIpc) is 3.06. The number of pyridine rings is 1. The molecule has 1 aromatic carbocycles. The number of benzene rings is 1. The van der Waals surface area contributed by atoms with E-state index in [1.807, 2.05) is 0 Å². The number of nitrogens with zero attached hydrogens (tertiary/aromatic N) is 4. The lowest BCUT2D eigenvalue weighted by Gasteiger charge is -2.14. The number of alkyl halides is 2. The Morgan fingerprint density at radius 3 is 2.60 bits per heavy atom. The van der Waals surface area contributed by atoms with E-state index in [9.17, 15) is 22.0 Å². The minimum atomic E-state index is -3.66. The van der Waals surface area contributed by atoms with Crippen LogP contribution in [0.25, 0.3) is 22.4 Å². The third-order valence-electron chi connectivity index (χ3n) is 5.73. The number of nitrogens with one attached hydrogen (secondary N) is 3. The van der Waals surface area contributed by atoms with Crippen LogP contribution in [-0.4, -0.2) is 51.0 Å². The summed E-state index contributed by atoms with van der Waals surface area (Å²) in [5.74, 6) is -4.68. The molecule has 1 amide bonds. The van der Waals surface area contributed by atoms with E-state index in [0.717, 1.165) is 11.9 Å². The lowest BCUT2D eigenvalue weighted by Crippen LogP contribution is -2.18. The van der Waals surface area contributed by atoms with Crippen molar-refractivity contribution in [2.45, 2.75) is 24.2 Å². The number of imidazole rings is 2. The Hall–Kier alpha value is -3.87. The zero-order chi connectivity index (χ0) is 25.1. The fourth-order valence-electron chi connectivity index (χ4n) is 3.85. The van der Waals surface area contributed by atoms with Crippen LogP contribution in [0.15, 0.2) is 41.7 Å². The molecule has 3 N–H and O–H groups in total. The summed E-state index contributed by atoms with van der Waals surface area (Å²) in [6, 6.07) is 6.34. The number of aromatic amines is 1. The number of carbonyl (C=O) groups excluding carboxylic acids is 1. The third-order valence-corrected chi connectivity index (χ3v) is 6.86. The largest absolute Gasteiger partial charge is 0.352 e. The number of amides is 1. The fourth-order valence-corrected chi connectivity index (χ4v) is 4.71. The van der Waals surface area contributed by atoms with E-state index in [2.05, 4.69) is 30.6 Å². The number of aromatic nitrogens is 5. The first-order valence-electron chi connectivity index (χ1n) is 10.6. The van der Waals surface area contributed by atoms with E-state index in [4.69, 9.17) is 0 Å². The van der Waals surface area contributed by atoms with Gasteiger partial charge in [-0.25, -0.2) is 32.2 Å². The fraction of sp³-hybridized carbons (Fsp3) is 0.273. The molecule has 182 valence electrons. The van der Waals surface area contributed by atoms with Crippen LogP contribution in [0.2, 0.25) is 0 Å². The van der Waals surface area contributed by atoms with Crippen molar-refractivity contribution < 1.29 is 22.0 Å². The predicted octanol–water partition coefficient (Wildman–Crippen LogP) is 3.41. The second kappa shape index (κ2) is 7.83. The van der Waals surface area contributed by atoms with E-state index in [0.29, 0.717) is 28.2 Å². The normalized spacial score (nSPS) is 16.9. The first-order valence-corrected chi connectivity index (χ1v) is 12.5. The first kappa shape index (κ1) is 22.9. The number of carbonyl (C=O) groups is 1. The Morgan fingerprint density at radius 1 is 1.23 bits per heavy atom. The Balaban J connectivity index is 1.55. The molecule has 10 nitrogen and oxygen atoms in total. The Labute approximate surface area is 198 Å². The van der Waals surface area contributed by atoms with Gasteiger partial charge in [-0.15, -0.1) is 0 Å². The second-order valence-corrected chi connectivity index (χ2v) is 10.6. The van der Waals surface area contributed by atoms with Gasteiger partial charge in [0, 0.05) is 31.4 Å². The first-order chi connectivity index (χ1) is 16.4. The molecule has 0 aliphatic heterocycles. The standard InChI is InChI=1S/C22H21F2N7O3S/c1-11-26-19-15(7-18(29-20(19)27-11)30-21(32)13-8-22(13,23)24)28-14-5-4-12(6-17(14)35(3,33)34)16-9-25-10-31(16)2/h4-7,9-10,13H,8H2,1-3H3,(H3,26,27,28,29,30,32). The summed E-state index contributed by atoms with van der Waals surface area (Å²) in [5.41, 5.74) is 2.71. The molecule has 1 atom stereocenters. The van der Waals surface area contributed by atoms with E-state index >= 15 is 0 Å². The number of aryl methyl sites for hydroxylation is 2. The molecule has 4 aromatic rings. The van der Waals surface area contributed by atoms with Crippen molar-refractivity contribution >= 4 is 44.1 Å². The van der Waals surface area contributed by atoms with Gasteiger partial charge in [0.05, 0.1) is 34.5 Å². The number of H-pyrrole nitrogens is 1. The molecule has 0 radical (unpaired) electrons. The molecule has 1 saturated carbocycles. The zero-order valence-electron chi connectivity index (χ0n) is 18.9.